The molecule has 1 N–H and O–H groups in total. The minimum Gasteiger partial charge on any atom is -0.357 e. The third-order valence-electron chi connectivity index (χ3n) is 4.80. The van der Waals surface area contributed by atoms with Crippen molar-refractivity contribution >= 4 is 41.8 Å². The summed E-state index contributed by atoms with van der Waals surface area (Å²) >= 11 is 0. The van der Waals surface area contributed by atoms with Gasteiger partial charge in [-0.3, -0.25) is 9.79 Å². The normalized spacial score (nSPS) is 17.7. The van der Waals surface area contributed by atoms with Gasteiger partial charge in [0.2, 0.25) is 11.9 Å². The number of aliphatic imine (C=N–C) groups is 1. The molecule has 0 aromatic carbocycles. The van der Waals surface area contributed by atoms with Crippen LogP contribution in [0.1, 0.15) is 26.2 Å². The summed E-state index contributed by atoms with van der Waals surface area (Å²) in [5.41, 5.74) is 0. The fraction of sp³-hybridized carbons (Fsp3) is 0.667. The highest BCUT2D eigenvalue weighted by molar-refractivity contribution is 14.0. The maximum atomic E-state index is 12.5. The van der Waals surface area contributed by atoms with Crippen LogP contribution in [0.5, 0.6) is 0 Å². The van der Waals surface area contributed by atoms with Gasteiger partial charge in [0, 0.05) is 64.6 Å². The van der Waals surface area contributed by atoms with Gasteiger partial charge in [-0.2, -0.15) is 0 Å². The number of hydrogen-bond donors (Lipinski definition) is 1. The molecule has 3 heterocycles. The lowest BCUT2D eigenvalue weighted by Crippen LogP contribution is -2.49. The number of likely N-dealkylation sites (tertiary alicyclic amines) is 1. The van der Waals surface area contributed by atoms with E-state index in [1.165, 1.54) is 12.8 Å². The van der Waals surface area contributed by atoms with E-state index in [9.17, 15) is 4.79 Å². The Morgan fingerprint density at radius 1 is 1.07 bits per heavy atom. The fourth-order valence-corrected chi connectivity index (χ4v) is 3.38. The van der Waals surface area contributed by atoms with E-state index in [1.807, 2.05) is 11.0 Å². The first-order valence-electron chi connectivity index (χ1n) is 9.61. The summed E-state index contributed by atoms with van der Waals surface area (Å²) in [6, 6.07) is 1.81. The van der Waals surface area contributed by atoms with Crippen molar-refractivity contribution in [3.05, 3.63) is 18.5 Å². The molecule has 2 aliphatic heterocycles. The first-order valence-corrected chi connectivity index (χ1v) is 9.61. The van der Waals surface area contributed by atoms with Crippen LogP contribution in [0.3, 0.4) is 0 Å². The third-order valence-corrected chi connectivity index (χ3v) is 4.80. The number of guanidine groups is 1. The molecule has 0 spiro atoms. The van der Waals surface area contributed by atoms with E-state index in [-0.39, 0.29) is 29.9 Å². The van der Waals surface area contributed by atoms with E-state index in [2.05, 4.69) is 37.0 Å². The standard InChI is InChI=1S/C18H29N7O.HI/c1-2-19-17(24-10-3-4-11-24)22-9-6-16(26)23-12-14-25(15-13-23)18-20-7-5-8-21-18;/h5,7-8H,2-4,6,9-15H2,1H3,(H,19,22);1H. The maximum absolute atomic E-state index is 12.5. The molecule has 9 heteroatoms. The average molecular weight is 487 g/mol. The Morgan fingerprint density at radius 2 is 1.74 bits per heavy atom. The highest BCUT2D eigenvalue weighted by Gasteiger charge is 2.22. The van der Waals surface area contributed by atoms with Gasteiger partial charge in [-0.05, 0) is 25.8 Å². The van der Waals surface area contributed by atoms with Crippen LogP contribution in [0.15, 0.2) is 23.5 Å². The number of hydrogen-bond acceptors (Lipinski definition) is 5. The van der Waals surface area contributed by atoms with Gasteiger partial charge in [-0.1, -0.05) is 0 Å². The summed E-state index contributed by atoms with van der Waals surface area (Å²) in [7, 11) is 0. The Balaban J connectivity index is 0.00000261. The highest BCUT2D eigenvalue weighted by atomic mass is 127. The molecule has 3 rings (SSSR count). The average Bonchev–Trinajstić information content (AvgIpc) is 3.23. The molecule has 2 saturated heterocycles. The number of carbonyl (C=O) groups excluding carboxylic acids is 1. The van der Waals surface area contributed by atoms with Gasteiger partial charge >= 0.3 is 0 Å². The SMILES string of the molecule is CCNC(=NCCC(=O)N1CCN(c2ncccn2)CC1)N1CCCC1.I. The predicted molar refractivity (Wildman–Crippen MR) is 118 cm³/mol. The van der Waals surface area contributed by atoms with E-state index < -0.39 is 0 Å². The van der Waals surface area contributed by atoms with Gasteiger partial charge in [-0.25, -0.2) is 9.97 Å². The zero-order valence-electron chi connectivity index (χ0n) is 16.0. The second-order valence-corrected chi connectivity index (χ2v) is 6.60. The molecule has 1 aromatic rings. The zero-order valence-corrected chi connectivity index (χ0v) is 18.3. The Kier molecular flexibility index (Phi) is 9.02. The van der Waals surface area contributed by atoms with E-state index in [0.29, 0.717) is 26.1 Å². The summed E-state index contributed by atoms with van der Waals surface area (Å²) in [6.07, 6.45) is 6.41. The van der Waals surface area contributed by atoms with E-state index in [1.54, 1.807) is 12.4 Å². The minimum absolute atomic E-state index is 0. The summed E-state index contributed by atoms with van der Waals surface area (Å²) < 4.78 is 0. The van der Waals surface area contributed by atoms with Crippen molar-refractivity contribution < 1.29 is 4.79 Å². The predicted octanol–water partition coefficient (Wildman–Crippen LogP) is 1.19. The summed E-state index contributed by atoms with van der Waals surface area (Å²) in [4.78, 5) is 32.0. The molecule has 1 amide bonds. The molecule has 0 atom stereocenters. The monoisotopic (exact) mass is 487 g/mol. The molecule has 0 saturated carbocycles. The lowest BCUT2D eigenvalue weighted by molar-refractivity contribution is -0.131. The van der Waals surface area contributed by atoms with Gasteiger partial charge in [0.15, 0.2) is 5.96 Å². The quantitative estimate of drug-likeness (QED) is 0.382. The molecule has 0 radical (unpaired) electrons. The fourth-order valence-electron chi connectivity index (χ4n) is 3.38. The molecule has 0 bridgehead atoms. The first-order chi connectivity index (χ1) is 12.8. The largest absolute Gasteiger partial charge is 0.357 e. The lowest BCUT2D eigenvalue weighted by atomic mass is 10.3. The zero-order chi connectivity index (χ0) is 18.2. The summed E-state index contributed by atoms with van der Waals surface area (Å²) in [6.45, 7) is 8.57. The topological polar surface area (TPSA) is 77.0 Å². The van der Waals surface area contributed by atoms with Crippen LogP contribution in [0.25, 0.3) is 0 Å². The molecule has 1 aromatic heterocycles. The molecule has 0 unspecified atom stereocenters. The van der Waals surface area contributed by atoms with Crippen LogP contribution in [-0.2, 0) is 4.79 Å². The van der Waals surface area contributed by atoms with Gasteiger partial charge in [-0.15, -0.1) is 24.0 Å². The lowest BCUT2D eigenvalue weighted by Gasteiger charge is -2.34. The summed E-state index contributed by atoms with van der Waals surface area (Å²) in [5.74, 6) is 1.87. The van der Waals surface area contributed by atoms with E-state index >= 15 is 0 Å². The van der Waals surface area contributed by atoms with Crippen LogP contribution in [0.2, 0.25) is 0 Å². The number of rotatable bonds is 5. The maximum Gasteiger partial charge on any atom is 0.225 e. The van der Waals surface area contributed by atoms with Crippen LogP contribution in [-0.4, -0.2) is 84.0 Å². The van der Waals surface area contributed by atoms with Crippen molar-refractivity contribution in [3.63, 3.8) is 0 Å². The van der Waals surface area contributed by atoms with Gasteiger partial charge in [0.25, 0.3) is 0 Å². The number of anilines is 1. The minimum atomic E-state index is 0. The Hall–Kier alpha value is -1.65. The molecular weight excluding hydrogens is 457 g/mol. The molecule has 2 aliphatic rings. The van der Waals surface area contributed by atoms with Crippen LogP contribution < -0.4 is 10.2 Å². The highest BCUT2D eigenvalue weighted by Crippen LogP contribution is 2.11. The molecule has 2 fully saturated rings. The molecular formula is C18H30IN7O. The Morgan fingerprint density at radius 3 is 2.37 bits per heavy atom. The number of nitrogens with zero attached hydrogens (tertiary/aromatic N) is 6. The van der Waals surface area contributed by atoms with Crippen LogP contribution in [0, 0.1) is 0 Å². The van der Waals surface area contributed by atoms with Crippen molar-refractivity contribution in [2.75, 3.05) is 57.3 Å². The van der Waals surface area contributed by atoms with E-state index in [4.69, 9.17) is 0 Å². The van der Waals surface area contributed by atoms with Crippen molar-refractivity contribution in [1.82, 2.24) is 25.1 Å². The van der Waals surface area contributed by atoms with Gasteiger partial charge in [0.05, 0.1) is 6.54 Å². The van der Waals surface area contributed by atoms with Crippen molar-refractivity contribution in [2.45, 2.75) is 26.2 Å². The molecule has 0 aliphatic carbocycles. The number of piperazine rings is 1. The van der Waals surface area contributed by atoms with Crippen molar-refractivity contribution in [2.24, 2.45) is 4.99 Å². The van der Waals surface area contributed by atoms with Crippen LogP contribution in [0.4, 0.5) is 5.95 Å². The van der Waals surface area contributed by atoms with E-state index in [0.717, 1.165) is 44.6 Å². The second-order valence-electron chi connectivity index (χ2n) is 6.60. The Bertz CT molecular complexity index is 599. The first kappa shape index (κ1) is 21.6. The molecule has 8 nitrogen and oxygen atoms in total. The molecule has 150 valence electrons. The smallest absolute Gasteiger partial charge is 0.225 e. The van der Waals surface area contributed by atoms with Crippen LogP contribution >= 0.6 is 24.0 Å². The number of carbonyl (C=O) groups is 1. The Labute approximate surface area is 178 Å². The number of amides is 1. The number of halogens is 1. The summed E-state index contributed by atoms with van der Waals surface area (Å²) in [5, 5.41) is 3.33. The number of nitrogens with one attached hydrogen (secondary N) is 1. The number of aromatic nitrogens is 2. The molecule has 27 heavy (non-hydrogen) atoms. The van der Waals surface area contributed by atoms with Crippen molar-refractivity contribution in [1.29, 1.82) is 0 Å². The van der Waals surface area contributed by atoms with Gasteiger partial charge in [0.1, 0.15) is 0 Å². The van der Waals surface area contributed by atoms with Crippen molar-refractivity contribution in [3.8, 4) is 0 Å². The third kappa shape index (κ3) is 6.18. The second kappa shape index (κ2) is 11.3. The van der Waals surface area contributed by atoms with Gasteiger partial charge < -0.3 is 20.0 Å².